The first kappa shape index (κ1) is 19.9. The average Bonchev–Trinajstić information content (AvgIpc) is 2.86. The topological polar surface area (TPSA) is 72.4 Å². The number of hydrogen-bond acceptors (Lipinski definition) is 5. The number of para-hydroxylation sites is 2. The average molecular weight is 423 g/mol. The summed E-state index contributed by atoms with van der Waals surface area (Å²) >= 11 is 0. The third-order valence-electron chi connectivity index (χ3n) is 5.60. The number of aryl methyl sites for hydroxylation is 1. The van der Waals surface area contributed by atoms with E-state index in [1.807, 2.05) is 66.7 Å². The molecule has 5 rings (SSSR count). The van der Waals surface area contributed by atoms with E-state index < -0.39 is 5.97 Å². The Balaban J connectivity index is 1.40. The highest BCUT2D eigenvalue weighted by Crippen LogP contribution is 2.27. The van der Waals surface area contributed by atoms with Gasteiger partial charge in [-0.1, -0.05) is 42.5 Å². The van der Waals surface area contributed by atoms with Gasteiger partial charge in [0.2, 0.25) is 0 Å². The normalized spacial score (nSPS) is 12.9. The molecule has 0 fully saturated rings. The lowest BCUT2D eigenvalue weighted by molar-refractivity contribution is -0.121. The standard InChI is InChI=1S/C26H21N3O3/c30-25(29-15-7-9-18-8-1-4-13-24(18)29)17-32-26(31)20-16-23(22-12-5-6-14-27-22)28-21-11-3-2-10-19(20)21/h1-6,8,10-14,16H,7,9,15,17H2. The number of aromatic nitrogens is 2. The molecule has 1 amide bonds. The molecule has 2 aromatic carbocycles. The van der Waals surface area contributed by atoms with Crippen molar-refractivity contribution in [3.8, 4) is 11.4 Å². The van der Waals surface area contributed by atoms with Crippen molar-refractivity contribution < 1.29 is 14.3 Å². The number of nitrogens with zero attached hydrogens (tertiary/aromatic N) is 3. The lowest BCUT2D eigenvalue weighted by atomic mass is 10.0. The molecule has 6 nitrogen and oxygen atoms in total. The summed E-state index contributed by atoms with van der Waals surface area (Å²) in [7, 11) is 0. The number of ether oxygens (including phenoxy) is 1. The Morgan fingerprint density at radius 2 is 1.75 bits per heavy atom. The van der Waals surface area contributed by atoms with E-state index in [2.05, 4.69) is 9.97 Å². The Bertz CT molecular complexity index is 1300. The number of amides is 1. The maximum Gasteiger partial charge on any atom is 0.339 e. The minimum absolute atomic E-state index is 0.228. The molecule has 32 heavy (non-hydrogen) atoms. The lowest BCUT2D eigenvalue weighted by Gasteiger charge is -2.29. The van der Waals surface area contributed by atoms with E-state index in [1.54, 1.807) is 17.2 Å². The van der Waals surface area contributed by atoms with Crippen LogP contribution in [0.2, 0.25) is 0 Å². The molecule has 6 heteroatoms. The summed E-state index contributed by atoms with van der Waals surface area (Å²) in [5.41, 5.74) is 4.30. The molecule has 3 heterocycles. The summed E-state index contributed by atoms with van der Waals surface area (Å²) in [6.45, 7) is 0.304. The molecule has 0 aliphatic carbocycles. The first-order valence-electron chi connectivity index (χ1n) is 10.6. The number of carbonyl (C=O) groups excluding carboxylic acids is 2. The molecule has 4 aromatic rings. The fourth-order valence-electron chi connectivity index (χ4n) is 4.07. The van der Waals surface area contributed by atoms with Crippen LogP contribution in [-0.4, -0.2) is 35.0 Å². The lowest BCUT2D eigenvalue weighted by Crippen LogP contribution is -2.38. The van der Waals surface area contributed by atoms with Crippen molar-refractivity contribution in [1.29, 1.82) is 0 Å². The van der Waals surface area contributed by atoms with Gasteiger partial charge in [0.1, 0.15) is 0 Å². The van der Waals surface area contributed by atoms with Crippen molar-refractivity contribution in [3.63, 3.8) is 0 Å². The van der Waals surface area contributed by atoms with Gasteiger partial charge in [0.25, 0.3) is 5.91 Å². The summed E-state index contributed by atoms with van der Waals surface area (Å²) in [5, 5.41) is 0.674. The third kappa shape index (κ3) is 3.83. The van der Waals surface area contributed by atoms with Crippen molar-refractivity contribution in [2.45, 2.75) is 12.8 Å². The Labute approximate surface area is 185 Å². The van der Waals surface area contributed by atoms with Crippen LogP contribution in [0, 0.1) is 0 Å². The van der Waals surface area contributed by atoms with Crippen LogP contribution in [0.5, 0.6) is 0 Å². The van der Waals surface area contributed by atoms with Gasteiger partial charge in [0.05, 0.1) is 22.5 Å². The highest BCUT2D eigenvalue weighted by atomic mass is 16.5. The van der Waals surface area contributed by atoms with Gasteiger partial charge in [0, 0.05) is 23.8 Å². The molecular formula is C26H21N3O3. The quantitative estimate of drug-likeness (QED) is 0.454. The summed E-state index contributed by atoms with van der Waals surface area (Å²) in [4.78, 5) is 36.6. The Kier molecular flexibility index (Phi) is 5.34. The number of pyridine rings is 2. The van der Waals surface area contributed by atoms with Crippen molar-refractivity contribution in [1.82, 2.24) is 9.97 Å². The van der Waals surface area contributed by atoms with Gasteiger partial charge in [-0.05, 0) is 48.7 Å². The maximum absolute atomic E-state index is 13.0. The second-order valence-corrected chi connectivity index (χ2v) is 7.64. The van der Waals surface area contributed by atoms with E-state index in [4.69, 9.17) is 4.74 Å². The minimum atomic E-state index is -0.556. The van der Waals surface area contributed by atoms with Gasteiger partial charge in [-0.25, -0.2) is 9.78 Å². The van der Waals surface area contributed by atoms with Gasteiger partial charge in [-0.3, -0.25) is 9.78 Å². The monoisotopic (exact) mass is 423 g/mol. The third-order valence-corrected chi connectivity index (χ3v) is 5.60. The zero-order valence-corrected chi connectivity index (χ0v) is 17.4. The van der Waals surface area contributed by atoms with Crippen LogP contribution in [0.3, 0.4) is 0 Å². The fraction of sp³-hybridized carbons (Fsp3) is 0.154. The van der Waals surface area contributed by atoms with Crippen LogP contribution < -0.4 is 4.90 Å². The molecule has 0 radical (unpaired) electrons. The highest BCUT2D eigenvalue weighted by Gasteiger charge is 2.24. The van der Waals surface area contributed by atoms with Gasteiger partial charge < -0.3 is 9.64 Å². The van der Waals surface area contributed by atoms with Gasteiger partial charge >= 0.3 is 5.97 Å². The first-order chi connectivity index (χ1) is 15.7. The van der Waals surface area contributed by atoms with Gasteiger partial charge in [-0.2, -0.15) is 0 Å². The van der Waals surface area contributed by atoms with E-state index in [9.17, 15) is 9.59 Å². The van der Waals surface area contributed by atoms with Crippen molar-refractivity contribution in [3.05, 3.63) is 90.1 Å². The van der Waals surface area contributed by atoms with Crippen molar-refractivity contribution >= 4 is 28.5 Å². The fourth-order valence-corrected chi connectivity index (χ4v) is 4.07. The summed E-state index contributed by atoms with van der Waals surface area (Å²) in [6, 6.07) is 22.4. The molecule has 0 atom stereocenters. The van der Waals surface area contributed by atoms with Crippen LogP contribution >= 0.6 is 0 Å². The maximum atomic E-state index is 13.0. The molecule has 0 bridgehead atoms. The van der Waals surface area contributed by atoms with E-state index >= 15 is 0 Å². The predicted molar refractivity (Wildman–Crippen MR) is 122 cm³/mol. The zero-order valence-electron chi connectivity index (χ0n) is 17.4. The van der Waals surface area contributed by atoms with Crippen LogP contribution in [0.15, 0.2) is 79.0 Å². The van der Waals surface area contributed by atoms with Crippen LogP contribution in [0.4, 0.5) is 5.69 Å². The van der Waals surface area contributed by atoms with Crippen LogP contribution in [-0.2, 0) is 16.0 Å². The second-order valence-electron chi connectivity index (χ2n) is 7.64. The zero-order chi connectivity index (χ0) is 21.9. The SMILES string of the molecule is O=C(OCC(=O)N1CCCc2ccccc21)c1cc(-c2ccccn2)nc2ccccc12. The molecule has 2 aromatic heterocycles. The second kappa shape index (κ2) is 8.59. The first-order valence-corrected chi connectivity index (χ1v) is 10.6. The smallest absolute Gasteiger partial charge is 0.339 e. The van der Waals surface area contributed by atoms with Gasteiger partial charge in [0.15, 0.2) is 6.61 Å². The predicted octanol–water partition coefficient (Wildman–Crippen LogP) is 4.43. The summed E-state index contributed by atoms with van der Waals surface area (Å²) in [5.74, 6) is -0.784. The Morgan fingerprint density at radius 3 is 2.62 bits per heavy atom. The highest BCUT2D eigenvalue weighted by molar-refractivity contribution is 6.05. The van der Waals surface area contributed by atoms with Gasteiger partial charge in [-0.15, -0.1) is 0 Å². The Hall–Kier alpha value is -4.06. The molecule has 158 valence electrons. The number of fused-ring (bicyclic) bond motifs is 2. The number of carbonyl (C=O) groups is 2. The number of hydrogen-bond donors (Lipinski definition) is 0. The van der Waals surface area contributed by atoms with E-state index in [-0.39, 0.29) is 12.5 Å². The summed E-state index contributed by atoms with van der Waals surface area (Å²) < 4.78 is 5.48. The molecule has 0 saturated carbocycles. The molecule has 0 spiro atoms. The van der Waals surface area contributed by atoms with Crippen LogP contribution in [0.25, 0.3) is 22.3 Å². The number of anilines is 1. The van der Waals surface area contributed by atoms with Crippen molar-refractivity contribution in [2.75, 3.05) is 18.1 Å². The van der Waals surface area contributed by atoms with Crippen molar-refractivity contribution in [2.24, 2.45) is 0 Å². The summed E-state index contributed by atoms with van der Waals surface area (Å²) in [6.07, 6.45) is 3.51. The Morgan fingerprint density at radius 1 is 0.938 bits per heavy atom. The van der Waals surface area contributed by atoms with E-state index in [1.165, 1.54) is 0 Å². The van der Waals surface area contributed by atoms with Crippen LogP contribution in [0.1, 0.15) is 22.3 Å². The number of rotatable bonds is 4. The molecule has 0 saturated heterocycles. The van der Waals surface area contributed by atoms with E-state index in [0.29, 0.717) is 34.4 Å². The molecular weight excluding hydrogens is 402 g/mol. The molecule has 0 N–H and O–H groups in total. The molecule has 1 aliphatic heterocycles. The number of esters is 1. The largest absolute Gasteiger partial charge is 0.452 e. The molecule has 1 aliphatic rings. The molecule has 0 unspecified atom stereocenters. The number of benzene rings is 2. The van der Waals surface area contributed by atoms with E-state index in [0.717, 1.165) is 24.1 Å². The minimum Gasteiger partial charge on any atom is -0.452 e.